The zero-order valence-electron chi connectivity index (χ0n) is 11.9. The van der Waals surface area contributed by atoms with Crippen molar-refractivity contribution in [2.45, 2.75) is 13.5 Å². The van der Waals surface area contributed by atoms with Gasteiger partial charge in [-0.3, -0.25) is 4.79 Å². The first-order valence-electron chi connectivity index (χ1n) is 6.77. The molecule has 7 heteroatoms. The van der Waals surface area contributed by atoms with Crippen LogP contribution in [0.4, 0.5) is 0 Å². The summed E-state index contributed by atoms with van der Waals surface area (Å²) in [5.41, 5.74) is 0.354. The van der Waals surface area contributed by atoms with Crippen LogP contribution >= 0.6 is 0 Å². The molecule has 0 aliphatic heterocycles. The predicted molar refractivity (Wildman–Crippen MR) is 77.6 cm³/mol. The van der Waals surface area contributed by atoms with Crippen molar-refractivity contribution in [1.82, 2.24) is 14.9 Å². The zero-order valence-corrected chi connectivity index (χ0v) is 11.9. The minimum Gasteiger partial charge on any atom is -0.461 e. The summed E-state index contributed by atoms with van der Waals surface area (Å²) in [4.78, 5) is 24.6. The highest BCUT2D eigenvalue weighted by Gasteiger charge is 2.17. The molecule has 0 saturated carbocycles. The molecule has 112 valence electrons. The lowest BCUT2D eigenvalue weighted by Crippen LogP contribution is -2.27. The van der Waals surface area contributed by atoms with Crippen LogP contribution < -0.4 is 5.56 Å². The second-order valence-corrected chi connectivity index (χ2v) is 4.57. The van der Waals surface area contributed by atoms with Crippen LogP contribution in [0.25, 0.3) is 10.8 Å². The predicted octanol–water partition coefficient (Wildman–Crippen LogP) is 1.61. The third-order valence-corrected chi connectivity index (χ3v) is 3.14. The van der Waals surface area contributed by atoms with Gasteiger partial charge in [0.15, 0.2) is 5.69 Å². The van der Waals surface area contributed by atoms with Gasteiger partial charge in [-0.1, -0.05) is 23.4 Å². The molecule has 22 heavy (non-hydrogen) atoms. The fourth-order valence-electron chi connectivity index (χ4n) is 2.17. The molecule has 0 spiro atoms. The summed E-state index contributed by atoms with van der Waals surface area (Å²) in [6, 6.07) is 8.44. The van der Waals surface area contributed by atoms with Crippen LogP contribution in [0.3, 0.4) is 0 Å². The first-order valence-corrected chi connectivity index (χ1v) is 6.77. The van der Waals surface area contributed by atoms with E-state index in [1.165, 1.54) is 10.9 Å². The van der Waals surface area contributed by atoms with Crippen molar-refractivity contribution >= 4 is 16.7 Å². The van der Waals surface area contributed by atoms with Crippen LogP contribution in [0.1, 0.15) is 23.1 Å². The standard InChI is InChI=1S/C15H13N3O4/c1-2-21-15(20)13-11-5-3-4-6-12(11)14(19)18(16-13)9-10-7-8-22-17-10/h3-8H,2,9H2,1H3. The molecule has 0 amide bonds. The molecule has 2 heterocycles. The van der Waals surface area contributed by atoms with E-state index in [2.05, 4.69) is 10.3 Å². The Morgan fingerprint density at radius 2 is 2.05 bits per heavy atom. The van der Waals surface area contributed by atoms with Gasteiger partial charge in [0, 0.05) is 11.5 Å². The summed E-state index contributed by atoms with van der Waals surface area (Å²) in [5.74, 6) is -0.562. The molecule has 0 bridgehead atoms. The Labute approximate surface area is 125 Å². The highest BCUT2D eigenvalue weighted by atomic mass is 16.5. The molecule has 2 aromatic heterocycles. The third-order valence-electron chi connectivity index (χ3n) is 3.14. The van der Waals surface area contributed by atoms with Crippen molar-refractivity contribution in [1.29, 1.82) is 0 Å². The molecule has 1 aromatic carbocycles. The highest BCUT2D eigenvalue weighted by Crippen LogP contribution is 2.14. The van der Waals surface area contributed by atoms with E-state index < -0.39 is 5.97 Å². The number of hydrogen-bond acceptors (Lipinski definition) is 6. The molecule has 0 saturated heterocycles. The van der Waals surface area contributed by atoms with Crippen molar-refractivity contribution in [3.8, 4) is 0 Å². The minimum atomic E-state index is -0.562. The number of carbonyl (C=O) groups excluding carboxylic acids is 1. The molecule has 3 rings (SSSR count). The molecule has 3 aromatic rings. The first-order chi connectivity index (χ1) is 10.7. The van der Waals surface area contributed by atoms with Crippen LogP contribution in [0.15, 0.2) is 45.9 Å². The lowest BCUT2D eigenvalue weighted by atomic mass is 10.1. The van der Waals surface area contributed by atoms with Gasteiger partial charge in [0.25, 0.3) is 5.56 Å². The number of hydrogen-bond donors (Lipinski definition) is 0. The van der Waals surface area contributed by atoms with Gasteiger partial charge < -0.3 is 9.26 Å². The van der Waals surface area contributed by atoms with Crippen molar-refractivity contribution in [2.24, 2.45) is 0 Å². The Morgan fingerprint density at radius 1 is 1.27 bits per heavy atom. The quantitative estimate of drug-likeness (QED) is 0.680. The smallest absolute Gasteiger partial charge is 0.359 e. The van der Waals surface area contributed by atoms with Gasteiger partial charge in [0.1, 0.15) is 12.0 Å². The van der Waals surface area contributed by atoms with E-state index in [1.807, 2.05) is 0 Å². The lowest BCUT2D eigenvalue weighted by Gasteiger charge is -2.09. The zero-order chi connectivity index (χ0) is 15.5. The number of aromatic nitrogens is 3. The van der Waals surface area contributed by atoms with Crippen LogP contribution in [-0.4, -0.2) is 27.5 Å². The number of ether oxygens (including phenoxy) is 1. The van der Waals surface area contributed by atoms with Gasteiger partial charge in [-0.25, -0.2) is 9.48 Å². The Balaban J connectivity index is 2.18. The molecule has 0 unspecified atom stereocenters. The summed E-state index contributed by atoms with van der Waals surface area (Å²) in [5, 5.41) is 8.78. The molecule has 0 fully saturated rings. The molecule has 0 N–H and O–H groups in total. The van der Waals surface area contributed by atoms with Crippen LogP contribution in [0.2, 0.25) is 0 Å². The lowest BCUT2D eigenvalue weighted by molar-refractivity contribution is 0.0519. The normalized spacial score (nSPS) is 10.8. The summed E-state index contributed by atoms with van der Waals surface area (Å²) in [6.07, 6.45) is 1.41. The Bertz CT molecular complexity index is 868. The van der Waals surface area contributed by atoms with E-state index in [0.29, 0.717) is 16.5 Å². The van der Waals surface area contributed by atoms with E-state index in [9.17, 15) is 9.59 Å². The van der Waals surface area contributed by atoms with Crippen molar-refractivity contribution in [2.75, 3.05) is 6.61 Å². The molecular formula is C15H13N3O4. The van der Waals surface area contributed by atoms with Gasteiger partial charge in [-0.05, 0) is 13.0 Å². The molecule has 0 radical (unpaired) electrons. The molecule has 7 nitrogen and oxygen atoms in total. The monoisotopic (exact) mass is 299 g/mol. The van der Waals surface area contributed by atoms with Gasteiger partial charge in [0.05, 0.1) is 18.5 Å². The molecular weight excluding hydrogens is 286 g/mol. The fourth-order valence-corrected chi connectivity index (χ4v) is 2.17. The van der Waals surface area contributed by atoms with Gasteiger partial charge in [-0.2, -0.15) is 5.10 Å². The van der Waals surface area contributed by atoms with E-state index in [4.69, 9.17) is 9.26 Å². The van der Waals surface area contributed by atoms with Crippen LogP contribution in [-0.2, 0) is 11.3 Å². The Kier molecular flexibility index (Phi) is 3.69. The number of nitrogens with zero attached hydrogens (tertiary/aromatic N) is 3. The average molecular weight is 299 g/mol. The van der Waals surface area contributed by atoms with E-state index in [0.717, 1.165) is 0 Å². The summed E-state index contributed by atoms with van der Waals surface area (Å²) in [7, 11) is 0. The molecule has 0 aliphatic rings. The summed E-state index contributed by atoms with van der Waals surface area (Å²) in [6.45, 7) is 2.06. The first kappa shape index (κ1) is 14.0. The Hall–Kier alpha value is -2.96. The van der Waals surface area contributed by atoms with Crippen LogP contribution in [0.5, 0.6) is 0 Å². The number of esters is 1. The highest BCUT2D eigenvalue weighted by molar-refractivity contribution is 6.02. The number of benzene rings is 1. The van der Waals surface area contributed by atoms with Crippen LogP contribution in [0, 0.1) is 0 Å². The third kappa shape index (κ3) is 2.48. The largest absolute Gasteiger partial charge is 0.461 e. The van der Waals surface area contributed by atoms with E-state index in [-0.39, 0.29) is 24.4 Å². The minimum absolute atomic E-state index is 0.112. The van der Waals surface area contributed by atoms with Crippen molar-refractivity contribution in [3.63, 3.8) is 0 Å². The summed E-state index contributed by atoms with van der Waals surface area (Å²) >= 11 is 0. The SMILES string of the molecule is CCOC(=O)c1nn(Cc2ccon2)c(=O)c2ccccc12. The van der Waals surface area contributed by atoms with Crippen molar-refractivity contribution in [3.05, 3.63) is 58.3 Å². The molecule has 0 atom stereocenters. The van der Waals surface area contributed by atoms with E-state index in [1.54, 1.807) is 37.3 Å². The van der Waals surface area contributed by atoms with Gasteiger partial charge >= 0.3 is 5.97 Å². The second kappa shape index (κ2) is 5.80. The maximum absolute atomic E-state index is 12.5. The number of rotatable bonds is 4. The molecule has 0 aliphatic carbocycles. The van der Waals surface area contributed by atoms with Gasteiger partial charge in [0.2, 0.25) is 0 Å². The Morgan fingerprint density at radius 3 is 2.73 bits per heavy atom. The van der Waals surface area contributed by atoms with Gasteiger partial charge in [-0.15, -0.1) is 0 Å². The second-order valence-electron chi connectivity index (χ2n) is 4.57. The maximum Gasteiger partial charge on any atom is 0.359 e. The topological polar surface area (TPSA) is 87.2 Å². The number of fused-ring (bicyclic) bond motifs is 1. The van der Waals surface area contributed by atoms with E-state index >= 15 is 0 Å². The van der Waals surface area contributed by atoms with Crippen molar-refractivity contribution < 1.29 is 14.1 Å². The maximum atomic E-state index is 12.5. The number of carbonyl (C=O) groups is 1. The average Bonchev–Trinajstić information content (AvgIpc) is 3.03. The fraction of sp³-hybridized carbons (Fsp3) is 0.200. The summed E-state index contributed by atoms with van der Waals surface area (Å²) < 4.78 is 10.9.